The zero-order valence-electron chi connectivity index (χ0n) is 15.9. The predicted octanol–water partition coefficient (Wildman–Crippen LogP) is 1.92. The van der Waals surface area contributed by atoms with Gasteiger partial charge in [0.2, 0.25) is 0 Å². The first kappa shape index (κ1) is 21.1. The van der Waals surface area contributed by atoms with Gasteiger partial charge in [0.05, 0.1) is 41.6 Å². The molecule has 10 heteroatoms. The Balaban J connectivity index is 1.79. The third-order valence-electron chi connectivity index (χ3n) is 4.73. The van der Waals surface area contributed by atoms with E-state index in [2.05, 4.69) is 5.32 Å². The van der Waals surface area contributed by atoms with E-state index in [0.717, 1.165) is 0 Å². The Labute approximate surface area is 169 Å². The maximum Gasteiger partial charge on any atom is 0.255 e. The first-order valence-corrected chi connectivity index (χ1v) is 12.1. The third-order valence-corrected chi connectivity index (χ3v) is 8.92. The fraction of sp³-hybridized carbons (Fsp3) is 0.316. The molecule has 1 amide bonds. The van der Waals surface area contributed by atoms with Crippen LogP contribution < -0.4 is 14.8 Å². The maximum absolute atomic E-state index is 12.7. The van der Waals surface area contributed by atoms with Crippen LogP contribution in [0.2, 0.25) is 0 Å². The van der Waals surface area contributed by atoms with Crippen molar-refractivity contribution in [3.63, 3.8) is 0 Å². The molecule has 1 aliphatic heterocycles. The van der Waals surface area contributed by atoms with Crippen LogP contribution in [-0.4, -0.2) is 53.7 Å². The van der Waals surface area contributed by atoms with Gasteiger partial charge in [-0.05, 0) is 42.8 Å². The van der Waals surface area contributed by atoms with E-state index in [-0.39, 0.29) is 28.4 Å². The fourth-order valence-electron chi connectivity index (χ4n) is 3.10. The molecule has 0 saturated carbocycles. The number of hydrogen-bond donors (Lipinski definition) is 1. The highest BCUT2D eigenvalue weighted by molar-refractivity contribution is 7.96. The number of benzene rings is 2. The molecule has 1 atom stereocenters. The van der Waals surface area contributed by atoms with E-state index in [1.165, 1.54) is 38.5 Å². The number of anilines is 1. The van der Waals surface area contributed by atoms with Crippen molar-refractivity contribution in [1.29, 1.82) is 0 Å². The number of hydrogen-bond acceptors (Lipinski definition) is 7. The Morgan fingerprint density at radius 1 is 1.07 bits per heavy atom. The van der Waals surface area contributed by atoms with Crippen molar-refractivity contribution >= 4 is 31.3 Å². The van der Waals surface area contributed by atoms with Gasteiger partial charge in [-0.25, -0.2) is 16.8 Å². The summed E-state index contributed by atoms with van der Waals surface area (Å²) >= 11 is 0. The largest absolute Gasteiger partial charge is 0.497 e. The molecule has 1 aliphatic rings. The molecule has 2 aromatic carbocycles. The Hall–Kier alpha value is -2.59. The summed E-state index contributed by atoms with van der Waals surface area (Å²) in [5.74, 6) is 0.0336. The average molecular weight is 440 g/mol. The second-order valence-electron chi connectivity index (χ2n) is 6.61. The van der Waals surface area contributed by atoms with Gasteiger partial charge in [-0.15, -0.1) is 0 Å². The SMILES string of the molecule is COc1ccc(OC)c(NC(=O)c2ccc(S(=O)(=O)[C@@H]3CCS(=O)(=O)C3)cc2)c1. The topological polar surface area (TPSA) is 116 Å². The summed E-state index contributed by atoms with van der Waals surface area (Å²) in [6, 6.07) is 10.4. The molecular weight excluding hydrogens is 418 g/mol. The molecule has 1 N–H and O–H groups in total. The smallest absolute Gasteiger partial charge is 0.255 e. The van der Waals surface area contributed by atoms with Crippen LogP contribution in [0.25, 0.3) is 0 Å². The molecule has 0 aromatic heterocycles. The normalized spacial score (nSPS) is 18.2. The van der Waals surface area contributed by atoms with Gasteiger partial charge < -0.3 is 14.8 Å². The van der Waals surface area contributed by atoms with E-state index in [0.29, 0.717) is 17.2 Å². The van der Waals surface area contributed by atoms with Crippen molar-refractivity contribution in [2.75, 3.05) is 31.0 Å². The van der Waals surface area contributed by atoms with Gasteiger partial charge in [-0.1, -0.05) is 0 Å². The molecule has 2 aromatic rings. The molecule has 1 fully saturated rings. The number of nitrogens with one attached hydrogen (secondary N) is 1. The van der Waals surface area contributed by atoms with E-state index < -0.39 is 30.8 Å². The molecule has 3 rings (SSSR count). The monoisotopic (exact) mass is 439 g/mol. The van der Waals surface area contributed by atoms with Crippen LogP contribution in [0, 0.1) is 0 Å². The minimum atomic E-state index is -3.78. The minimum Gasteiger partial charge on any atom is -0.497 e. The van der Waals surface area contributed by atoms with E-state index in [9.17, 15) is 21.6 Å². The van der Waals surface area contributed by atoms with Crippen LogP contribution in [0.4, 0.5) is 5.69 Å². The number of sulfone groups is 2. The van der Waals surface area contributed by atoms with Gasteiger partial charge in [-0.2, -0.15) is 0 Å². The summed E-state index contributed by atoms with van der Waals surface area (Å²) in [5, 5.41) is 1.75. The lowest BCUT2D eigenvalue weighted by atomic mass is 10.2. The molecular formula is C19H21NO7S2. The number of ether oxygens (including phenoxy) is 2. The summed E-state index contributed by atoms with van der Waals surface area (Å²) in [7, 11) is -4.12. The van der Waals surface area contributed by atoms with Crippen molar-refractivity contribution in [2.45, 2.75) is 16.6 Å². The lowest BCUT2D eigenvalue weighted by Crippen LogP contribution is -2.23. The van der Waals surface area contributed by atoms with Crippen LogP contribution in [0.15, 0.2) is 47.4 Å². The number of carbonyl (C=O) groups is 1. The van der Waals surface area contributed by atoms with Crippen LogP contribution >= 0.6 is 0 Å². The molecule has 1 heterocycles. The summed E-state index contributed by atoms with van der Waals surface area (Å²) in [5.41, 5.74) is 0.651. The van der Waals surface area contributed by atoms with Gasteiger partial charge in [0.15, 0.2) is 19.7 Å². The molecule has 8 nitrogen and oxygen atoms in total. The summed E-state index contributed by atoms with van der Waals surface area (Å²) in [6.07, 6.45) is 0.0859. The van der Waals surface area contributed by atoms with Crippen molar-refractivity contribution in [3.05, 3.63) is 48.0 Å². The summed E-state index contributed by atoms with van der Waals surface area (Å²) in [4.78, 5) is 12.5. The molecule has 1 saturated heterocycles. The summed E-state index contributed by atoms with van der Waals surface area (Å²) < 4.78 is 58.9. The highest BCUT2D eigenvalue weighted by Crippen LogP contribution is 2.30. The highest BCUT2D eigenvalue weighted by atomic mass is 32.2. The number of rotatable bonds is 6. The molecule has 0 spiro atoms. The van der Waals surface area contributed by atoms with E-state index in [1.807, 2.05) is 0 Å². The first-order valence-electron chi connectivity index (χ1n) is 8.74. The van der Waals surface area contributed by atoms with Crippen molar-refractivity contribution < 1.29 is 31.1 Å². The predicted molar refractivity (Wildman–Crippen MR) is 108 cm³/mol. The van der Waals surface area contributed by atoms with E-state index in [1.54, 1.807) is 18.2 Å². The van der Waals surface area contributed by atoms with Gasteiger partial charge in [0, 0.05) is 11.6 Å². The van der Waals surface area contributed by atoms with Crippen LogP contribution in [0.3, 0.4) is 0 Å². The molecule has 0 aliphatic carbocycles. The Morgan fingerprint density at radius 2 is 1.76 bits per heavy atom. The second-order valence-corrected chi connectivity index (χ2v) is 11.1. The van der Waals surface area contributed by atoms with Crippen molar-refractivity contribution in [2.24, 2.45) is 0 Å². The number of methoxy groups -OCH3 is 2. The Bertz CT molecular complexity index is 1120. The zero-order chi connectivity index (χ0) is 21.2. The Kier molecular flexibility index (Phi) is 5.85. The van der Waals surface area contributed by atoms with Gasteiger partial charge in [-0.3, -0.25) is 4.79 Å². The molecule has 0 bridgehead atoms. The first-order chi connectivity index (χ1) is 13.7. The zero-order valence-corrected chi connectivity index (χ0v) is 17.5. The minimum absolute atomic E-state index is 0.00453. The van der Waals surface area contributed by atoms with Crippen LogP contribution in [0.1, 0.15) is 16.8 Å². The van der Waals surface area contributed by atoms with Crippen LogP contribution in [0.5, 0.6) is 11.5 Å². The Morgan fingerprint density at radius 3 is 2.31 bits per heavy atom. The standard InChI is InChI=1S/C19H21NO7S2/c1-26-14-5-8-18(27-2)17(11-14)20-19(21)13-3-6-15(7-4-13)29(24,25)16-9-10-28(22,23)12-16/h3-8,11,16H,9-10,12H2,1-2H3,(H,20,21)/t16-/m1/s1. The van der Waals surface area contributed by atoms with Gasteiger partial charge >= 0.3 is 0 Å². The third kappa shape index (κ3) is 4.54. The fourth-order valence-corrected chi connectivity index (χ4v) is 7.46. The van der Waals surface area contributed by atoms with E-state index in [4.69, 9.17) is 9.47 Å². The summed E-state index contributed by atoms with van der Waals surface area (Å²) in [6.45, 7) is 0. The molecule has 29 heavy (non-hydrogen) atoms. The average Bonchev–Trinajstić information content (AvgIpc) is 3.08. The van der Waals surface area contributed by atoms with Crippen LogP contribution in [-0.2, 0) is 19.7 Å². The quantitative estimate of drug-likeness (QED) is 0.731. The lowest BCUT2D eigenvalue weighted by Gasteiger charge is -2.13. The second kappa shape index (κ2) is 8.03. The highest BCUT2D eigenvalue weighted by Gasteiger charge is 2.38. The van der Waals surface area contributed by atoms with Crippen molar-refractivity contribution in [3.8, 4) is 11.5 Å². The molecule has 0 unspecified atom stereocenters. The molecule has 0 radical (unpaired) electrons. The number of carbonyl (C=O) groups excluding carboxylic acids is 1. The number of amides is 1. The van der Waals surface area contributed by atoms with Crippen molar-refractivity contribution in [1.82, 2.24) is 0 Å². The lowest BCUT2D eigenvalue weighted by molar-refractivity contribution is 0.102. The van der Waals surface area contributed by atoms with Gasteiger partial charge in [0.1, 0.15) is 11.5 Å². The van der Waals surface area contributed by atoms with E-state index >= 15 is 0 Å². The molecule has 156 valence electrons. The van der Waals surface area contributed by atoms with Gasteiger partial charge in [0.25, 0.3) is 5.91 Å². The maximum atomic E-state index is 12.7.